The van der Waals surface area contributed by atoms with Gasteiger partial charge in [-0.1, -0.05) is 11.6 Å². The molecule has 1 aliphatic heterocycles. The highest BCUT2D eigenvalue weighted by molar-refractivity contribution is 6.32. The summed E-state index contributed by atoms with van der Waals surface area (Å²) < 4.78 is 15.9. The van der Waals surface area contributed by atoms with Crippen LogP contribution in [0, 0.1) is 0 Å². The first-order valence-corrected chi connectivity index (χ1v) is 7.53. The fourth-order valence-corrected chi connectivity index (χ4v) is 2.38. The highest BCUT2D eigenvalue weighted by atomic mass is 35.5. The number of ether oxygens (including phenoxy) is 3. The molecule has 5 nitrogen and oxygen atoms in total. The minimum Gasteiger partial charge on any atom is -0.486 e. The van der Waals surface area contributed by atoms with E-state index >= 15 is 0 Å². The minimum atomic E-state index is -0.151. The van der Waals surface area contributed by atoms with Gasteiger partial charge >= 0.3 is 5.97 Å². The SMILES string of the molecule is CCOC(=O)CCCNCc1cc(Cl)c2c(c1)OCCO2. The van der Waals surface area contributed by atoms with Crippen molar-refractivity contribution in [2.45, 2.75) is 26.3 Å². The van der Waals surface area contributed by atoms with E-state index < -0.39 is 0 Å². The number of hydrogen-bond donors (Lipinski definition) is 1. The smallest absolute Gasteiger partial charge is 0.305 e. The van der Waals surface area contributed by atoms with E-state index in [1.54, 1.807) is 0 Å². The van der Waals surface area contributed by atoms with Gasteiger partial charge in [-0.3, -0.25) is 4.79 Å². The van der Waals surface area contributed by atoms with Gasteiger partial charge in [0.05, 0.1) is 11.6 Å². The number of esters is 1. The fourth-order valence-electron chi connectivity index (χ4n) is 2.09. The molecule has 0 atom stereocenters. The summed E-state index contributed by atoms with van der Waals surface area (Å²) in [6, 6.07) is 3.80. The Balaban J connectivity index is 1.76. The van der Waals surface area contributed by atoms with Crippen molar-refractivity contribution in [3.8, 4) is 11.5 Å². The molecule has 0 saturated carbocycles. The molecule has 0 radical (unpaired) electrons. The molecule has 0 amide bonds. The van der Waals surface area contributed by atoms with Crippen molar-refractivity contribution in [1.82, 2.24) is 5.32 Å². The summed E-state index contributed by atoms with van der Waals surface area (Å²) >= 11 is 6.17. The van der Waals surface area contributed by atoms with Crippen LogP contribution in [0.4, 0.5) is 0 Å². The second-order valence-corrected chi connectivity index (χ2v) is 5.09. The van der Waals surface area contributed by atoms with Crippen LogP contribution in [0.25, 0.3) is 0 Å². The molecule has 1 N–H and O–H groups in total. The molecule has 0 spiro atoms. The second kappa shape index (κ2) is 8.10. The molecule has 1 heterocycles. The van der Waals surface area contributed by atoms with Crippen LogP contribution >= 0.6 is 11.6 Å². The number of benzene rings is 1. The summed E-state index contributed by atoms with van der Waals surface area (Å²) in [4.78, 5) is 11.2. The minimum absolute atomic E-state index is 0.151. The van der Waals surface area contributed by atoms with Gasteiger partial charge in [-0.2, -0.15) is 0 Å². The zero-order chi connectivity index (χ0) is 15.1. The van der Waals surface area contributed by atoms with Gasteiger partial charge in [0, 0.05) is 13.0 Å². The van der Waals surface area contributed by atoms with E-state index in [-0.39, 0.29) is 5.97 Å². The van der Waals surface area contributed by atoms with Crippen LogP contribution in [-0.4, -0.2) is 32.3 Å². The fraction of sp³-hybridized carbons (Fsp3) is 0.533. The van der Waals surface area contributed by atoms with Crippen molar-refractivity contribution in [1.29, 1.82) is 0 Å². The first-order valence-electron chi connectivity index (χ1n) is 7.15. The molecular weight excluding hydrogens is 294 g/mol. The van der Waals surface area contributed by atoms with Crippen molar-refractivity contribution in [3.05, 3.63) is 22.7 Å². The largest absolute Gasteiger partial charge is 0.486 e. The number of hydrogen-bond acceptors (Lipinski definition) is 5. The maximum atomic E-state index is 11.2. The molecule has 1 aromatic rings. The molecule has 2 rings (SSSR count). The van der Waals surface area contributed by atoms with Crippen LogP contribution in [0.15, 0.2) is 12.1 Å². The standard InChI is InChI=1S/C15H20ClNO4/c1-2-19-14(18)4-3-5-17-10-11-8-12(16)15-13(9-11)20-6-7-21-15/h8-9,17H,2-7,10H2,1H3. The summed E-state index contributed by atoms with van der Waals surface area (Å²) in [6.45, 7) is 4.71. The number of rotatable bonds is 7. The number of carbonyl (C=O) groups is 1. The van der Waals surface area contributed by atoms with Gasteiger partial charge in [-0.15, -0.1) is 0 Å². The lowest BCUT2D eigenvalue weighted by Crippen LogP contribution is -2.18. The van der Waals surface area contributed by atoms with Gasteiger partial charge in [0.2, 0.25) is 0 Å². The van der Waals surface area contributed by atoms with Crippen LogP contribution in [0.5, 0.6) is 11.5 Å². The lowest BCUT2D eigenvalue weighted by molar-refractivity contribution is -0.143. The average molecular weight is 314 g/mol. The predicted octanol–water partition coefficient (Wildman–Crippen LogP) is 2.54. The molecule has 0 unspecified atom stereocenters. The van der Waals surface area contributed by atoms with Crippen LogP contribution in [0.3, 0.4) is 0 Å². The zero-order valence-electron chi connectivity index (χ0n) is 12.1. The molecule has 0 aliphatic carbocycles. The maximum absolute atomic E-state index is 11.2. The lowest BCUT2D eigenvalue weighted by Gasteiger charge is -2.20. The molecule has 1 aromatic carbocycles. The zero-order valence-corrected chi connectivity index (χ0v) is 12.9. The maximum Gasteiger partial charge on any atom is 0.305 e. The van der Waals surface area contributed by atoms with E-state index in [0.717, 1.165) is 18.5 Å². The topological polar surface area (TPSA) is 56.8 Å². The number of nitrogens with one attached hydrogen (secondary N) is 1. The number of carbonyl (C=O) groups excluding carboxylic acids is 1. The van der Waals surface area contributed by atoms with Gasteiger partial charge in [0.1, 0.15) is 13.2 Å². The van der Waals surface area contributed by atoms with E-state index in [9.17, 15) is 4.79 Å². The van der Waals surface area contributed by atoms with Crippen LogP contribution in [0.1, 0.15) is 25.3 Å². The Morgan fingerprint density at radius 1 is 1.38 bits per heavy atom. The molecule has 0 aromatic heterocycles. The summed E-state index contributed by atoms with van der Waals surface area (Å²) in [7, 11) is 0. The van der Waals surface area contributed by atoms with E-state index in [0.29, 0.717) is 49.3 Å². The van der Waals surface area contributed by atoms with Crippen molar-refractivity contribution in [2.75, 3.05) is 26.4 Å². The van der Waals surface area contributed by atoms with E-state index in [2.05, 4.69) is 5.32 Å². The molecule has 116 valence electrons. The third kappa shape index (κ3) is 4.79. The molecule has 0 saturated heterocycles. The monoisotopic (exact) mass is 313 g/mol. The van der Waals surface area contributed by atoms with Crippen molar-refractivity contribution in [2.24, 2.45) is 0 Å². The van der Waals surface area contributed by atoms with Crippen molar-refractivity contribution < 1.29 is 19.0 Å². The number of halogens is 1. The van der Waals surface area contributed by atoms with Crippen molar-refractivity contribution >= 4 is 17.6 Å². The Morgan fingerprint density at radius 3 is 3.00 bits per heavy atom. The van der Waals surface area contributed by atoms with E-state index in [1.807, 2.05) is 19.1 Å². The van der Waals surface area contributed by atoms with E-state index in [1.165, 1.54) is 0 Å². The van der Waals surface area contributed by atoms with Crippen LogP contribution < -0.4 is 14.8 Å². The molecule has 6 heteroatoms. The first kappa shape index (κ1) is 15.9. The van der Waals surface area contributed by atoms with Gasteiger partial charge in [-0.05, 0) is 37.6 Å². The third-order valence-corrected chi connectivity index (χ3v) is 3.31. The van der Waals surface area contributed by atoms with Gasteiger partial charge < -0.3 is 19.5 Å². The van der Waals surface area contributed by atoms with Gasteiger partial charge in [-0.25, -0.2) is 0 Å². The van der Waals surface area contributed by atoms with Gasteiger partial charge in [0.15, 0.2) is 11.5 Å². The predicted molar refractivity (Wildman–Crippen MR) is 80.0 cm³/mol. The molecule has 21 heavy (non-hydrogen) atoms. The number of fused-ring (bicyclic) bond motifs is 1. The normalized spacial score (nSPS) is 13.0. The third-order valence-electron chi connectivity index (χ3n) is 3.03. The average Bonchev–Trinajstić information content (AvgIpc) is 2.47. The summed E-state index contributed by atoms with van der Waals surface area (Å²) in [6.07, 6.45) is 1.18. The Morgan fingerprint density at radius 2 is 2.19 bits per heavy atom. The van der Waals surface area contributed by atoms with Crippen LogP contribution in [-0.2, 0) is 16.1 Å². The summed E-state index contributed by atoms with van der Waals surface area (Å²) in [5, 5.41) is 3.84. The van der Waals surface area contributed by atoms with Crippen molar-refractivity contribution in [3.63, 3.8) is 0 Å². The Hall–Kier alpha value is -1.46. The van der Waals surface area contributed by atoms with E-state index in [4.69, 9.17) is 25.8 Å². The molecule has 0 bridgehead atoms. The Kier molecular flexibility index (Phi) is 6.14. The van der Waals surface area contributed by atoms with Crippen LogP contribution in [0.2, 0.25) is 5.02 Å². The quantitative estimate of drug-likeness (QED) is 0.619. The molecule has 1 aliphatic rings. The lowest BCUT2D eigenvalue weighted by atomic mass is 10.2. The molecule has 0 fully saturated rings. The first-order chi connectivity index (χ1) is 10.2. The second-order valence-electron chi connectivity index (χ2n) is 4.69. The van der Waals surface area contributed by atoms with Gasteiger partial charge in [0.25, 0.3) is 0 Å². The Bertz CT molecular complexity index is 493. The Labute approximate surface area is 129 Å². The highest BCUT2D eigenvalue weighted by Crippen LogP contribution is 2.38. The molecular formula is C15H20ClNO4. The summed E-state index contributed by atoms with van der Waals surface area (Å²) in [5.74, 6) is 1.16. The highest BCUT2D eigenvalue weighted by Gasteiger charge is 2.16. The summed E-state index contributed by atoms with van der Waals surface area (Å²) in [5.41, 5.74) is 1.03.